The number of alkyl halides is 1. The Morgan fingerprint density at radius 1 is 1.50 bits per heavy atom. The van der Waals surface area contributed by atoms with Gasteiger partial charge in [-0.1, -0.05) is 11.6 Å². The van der Waals surface area contributed by atoms with Crippen molar-refractivity contribution in [3.63, 3.8) is 0 Å². The van der Waals surface area contributed by atoms with Crippen molar-refractivity contribution in [2.45, 2.75) is 18.7 Å². The average Bonchev–Trinajstić information content (AvgIpc) is 2.55. The van der Waals surface area contributed by atoms with E-state index in [0.29, 0.717) is 16.3 Å². The van der Waals surface area contributed by atoms with Crippen LogP contribution >= 0.6 is 23.2 Å². The second-order valence-electron chi connectivity index (χ2n) is 3.69. The maximum absolute atomic E-state index is 11.8. The molecule has 0 saturated heterocycles. The van der Waals surface area contributed by atoms with E-state index in [1.807, 2.05) is 0 Å². The third kappa shape index (κ3) is 1.93. The molecule has 1 atom stereocenters. The topological polar surface area (TPSA) is 46.2 Å². The van der Waals surface area contributed by atoms with Crippen LogP contribution in [0.1, 0.15) is 22.8 Å². The number of rotatable bonds is 2. The highest BCUT2D eigenvalue weighted by molar-refractivity contribution is 6.36. The molecule has 16 heavy (non-hydrogen) atoms. The zero-order chi connectivity index (χ0) is 11.9. The number of fused-ring (bicyclic) bond motifs is 1. The first-order valence-corrected chi connectivity index (χ1v) is 5.61. The molecule has 0 aromatic heterocycles. The van der Waals surface area contributed by atoms with Crippen molar-refractivity contribution in [3.05, 3.63) is 28.3 Å². The van der Waals surface area contributed by atoms with Crippen molar-refractivity contribution in [3.8, 4) is 0 Å². The molecule has 0 radical (unpaired) electrons. The number of carbonyl (C=O) groups is 2. The van der Waals surface area contributed by atoms with Crippen molar-refractivity contribution in [2.75, 3.05) is 5.32 Å². The minimum absolute atomic E-state index is 0.131. The summed E-state index contributed by atoms with van der Waals surface area (Å²) in [4.78, 5) is 23.1. The molecule has 84 valence electrons. The molecule has 1 aromatic carbocycles. The number of hydrogen-bond acceptors (Lipinski definition) is 2. The molecule has 3 nitrogen and oxygen atoms in total. The Kier molecular flexibility index (Phi) is 2.91. The van der Waals surface area contributed by atoms with Crippen LogP contribution in [0.4, 0.5) is 5.69 Å². The Balaban J connectivity index is 2.55. The highest BCUT2D eigenvalue weighted by atomic mass is 35.5. The number of ketones is 1. The van der Waals surface area contributed by atoms with E-state index in [9.17, 15) is 9.59 Å². The van der Waals surface area contributed by atoms with Crippen molar-refractivity contribution in [2.24, 2.45) is 0 Å². The third-order valence-corrected chi connectivity index (χ3v) is 2.84. The summed E-state index contributed by atoms with van der Waals surface area (Å²) in [6, 6.07) is 3.22. The predicted molar refractivity (Wildman–Crippen MR) is 63.4 cm³/mol. The molecule has 1 N–H and O–H groups in total. The summed E-state index contributed by atoms with van der Waals surface area (Å²) < 4.78 is 0. The normalized spacial score (nSPS) is 15.6. The van der Waals surface area contributed by atoms with Gasteiger partial charge in [0.1, 0.15) is 0 Å². The van der Waals surface area contributed by atoms with E-state index in [1.54, 1.807) is 13.0 Å². The largest absolute Gasteiger partial charge is 0.325 e. The zero-order valence-electron chi connectivity index (χ0n) is 8.51. The number of Topliss-reactive ketones (excluding diaryl/α,β-unsaturated/α-hetero) is 1. The molecule has 1 aliphatic heterocycles. The van der Waals surface area contributed by atoms with E-state index in [-0.39, 0.29) is 18.1 Å². The fraction of sp³-hybridized carbons (Fsp3) is 0.273. The maximum atomic E-state index is 11.8. The first-order chi connectivity index (χ1) is 7.49. The molecule has 1 heterocycles. The Morgan fingerprint density at radius 3 is 2.81 bits per heavy atom. The molecular formula is C11H9Cl2NO2. The van der Waals surface area contributed by atoms with Gasteiger partial charge in [-0.25, -0.2) is 0 Å². The Bertz CT molecular complexity index is 483. The summed E-state index contributed by atoms with van der Waals surface area (Å²) in [7, 11) is 0. The predicted octanol–water partition coefficient (Wildman–Crippen LogP) is 2.64. The van der Waals surface area contributed by atoms with Crippen LogP contribution in [0, 0.1) is 0 Å². The fourth-order valence-electron chi connectivity index (χ4n) is 1.72. The van der Waals surface area contributed by atoms with Gasteiger partial charge in [-0.05, 0) is 24.6 Å². The molecule has 0 bridgehead atoms. The lowest BCUT2D eigenvalue weighted by atomic mass is 10.0. The van der Waals surface area contributed by atoms with Gasteiger partial charge in [-0.15, -0.1) is 11.6 Å². The molecule has 0 fully saturated rings. The number of anilines is 1. The summed E-state index contributed by atoms with van der Waals surface area (Å²) in [5.41, 5.74) is 1.68. The third-order valence-electron chi connectivity index (χ3n) is 2.43. The first kappa shape index (κ1) is 11.4. The van der Waals surface area contributed by atoms with Gasteiger partial charge >= 0.3 is 0 Å². The fourth-order valence-corrected chi connectivity index (χ4v) is 2.07. The summed E-state index contributed by atoms with van der Waals surface area (Å²) >= 11 is 11.6. The van der Waals surface area contributed by atoms with Crippen LogP contribution in [0.15, 0.2) is 12.1 Å². The first-order valence-electron chi connectivity index (χ1n) is 4.79. The molecular weight excluding hydrogens is 249 g/mol. The number of amides is 1. The smallest absolute Gasteiger partial charge is 0.228 e. The van der Waals surface area contributed by atoms with Gasteiger partial charge < -0.3 is 5.32 Å². The molecule has 1 unspecified atom stereocenters. The highest BCUT2D eigenvalue weighted by Crippen LogP contribution is 2.32. The molecule has 0 saturated carbocycles. The SMILES string of the molecule is CC(Cl)C(=O)c1cc(Cl)cc2c1NC(=O)C2. The minimum Gasteiger partial charge on any atom is -0.325 e. The molecule has 0 aliphatic carbocycles. The summed E-state index contributed by atoms with van der Waals surface area (Å²) in [5.74, 6) is -0.365. The van der Waals surface area contributed by atoms with Crippen molar-refractivity contribution >= 4 is 40.6 Å². The van der Waals surface area contributed by atoms with Crippen LogP contribution in [0.25, 0.3) is 0 Å². The number of hydrogen-bond donors (Lipinski definition) is 1. The van der Waals surface area contributed by atoms with Crippen LogP contribution in [0.2, 0.25) is 5.02 Å². The Hall–Kier alpha value is -1.06. The lowest BCUT2D eigenvalue weighted by molar-refractivity contribution is -0.115. The van der Waals surface area contributed by atoms with Gasteiger partial charge in [-0.3, -0.25) is 9.59 Å². The van der Waals surface area contributed by atoms with E-state index in [4.69, 9.17) is 23.2 Å². The van der Waals surface area contributed by atoms with Crippen LogP contribution in [-0.2, 0) is 11.2 Å². The number of benzene rings is 1. The van der Waals surface area contributed by atoms with Crippen molar-refractivity contribution in [1.82, 2.24) is 0 Å². The molecule has 1 aromatic rings. The van der Waals surface area contributed by atoms with Gasteiger partial charge in [0.2, 0.25) is 5.91 Å². The van der Waals surface area contributed by atoms with Gasteiger partial charge in [-0.2, -0.15) is 0 Å². The highest BCUT2D eigenvalue weighted by Gasteiger charge is 2.26. The lowest BCUT2D eigenvalue weighted by Gasteiger charge is -2.09. The molecule has 1 aliphatic rings. The zero-order valence-corrected chi connectivity index (χ0v) is 10.0. The Morgan fingerprint density at radius 2 is 2.19 bits per heavy atom. The van der Waals surface area contributed by atoms with Gasteiger partial charge in [0.05, 0.1) is 17.5 Å². The van der Waals surface area contributed by atoms with Crippen LogP contribution in [0.3, 0.4) is 0 Å². The molecule has 1 amide bonds. The summed E-state index contributed by atoms with van der Waals surface area (Å²) in [5, 5.41) is 2.45. The number of nitrogens with one attached hydrogen (secondary N) is 1. The Labute approximate surface area is 103 Å². The van der Waals surface area contributed by atoms with E-state index in [0.717, 1.165) is 5.56 Å². The summed E-state index contributed by atoms with van der Waals surface area (Å²) in [6.45, 7) is 1.59. The second kappa shape index (κ2) is 4.07. The second-order valence-corrected chi connectivity index (χ2v) is 4.78. The number of carbonyl (C=O) groups excluding carboxylic acids is 2. The molecule has 0 spiro atoms. The number of halogens is 2. The monoisotopic (exact) mass is 257 g/mol. The van der Waals surface area contributed by atoms with E-state index in [2.05, 4.69) is 5.32 Å². The summed E-state index contributed by atoms with van der Waals surface area (Å²) in [6.07, 6.45) is 0.257. The van der Waals surface area contributed by atoms with E-state index in [1.165, 1.54) is 6.07 Å². The van der Waals surface area contributed by atoms with Crippen LogP contribution in [0.5, 0.6) is 0 Å². The molecule has 2 rings (SSSR count). The molecule has 5 heteroatoms. The van der Waals surface area contributed by atoms with Gasteiger partial charge in [0, 0.05) is 10.6 Å². The van der Waals surface area contributed by atoms with Crippen LogP contribution < -0.4 is 5.32 Å². The van der Waals surface area contributed by atoms with E-state index < -0.39 is 5.38 Å². The lowest BCUT2D eigenvalue weighted by Crippen LogP contribution is -2.13. The van der Waals surface area contributed by atoms with Crippen LogP contribution in [-0.4, -0.2) is 17.1 Å². The standard InChI is InChI=1S/C11H9Cl2NO2/c1-5(12)11(16)8-4-7(13)2-6-3-9(15)14-10(6)8/h2,4-5H,3H2,1H3,(H,14,15). The quantitative estimate of drug-likeness (QED) is 0.654. The van der Waals surface area contributed by atoms with E-state index >= 15 is 0 Å². The van der Waals surface area contributed by atoms with Gasteiger partial charge in [0.15, 0.2) is 5.78 Å². The minimum atomic E-state index is -0.639. The van der Waals surface area contributed by atoms with Gasteiger partial charge in [0.25, 0.3) is 0 Å². The van der Waals surface area contributed by atoms with Crippen molar-refractivity contribution < 1.29 is 9.59 Å². The maximum Gasteiger partial charge on any atom is 0.228 e. The average molecular weight is 258 g/mol. The van der Waals surface area contributed by atoms with Crippen molar-refractivity contribution in [1.29, 1.82) is 0 Å².